The minimum atomic E-state index is -1.09. The van der Waals surface area contributed by atoms with E-state index in [0.29, 0.717) is 16.2 Å². The quantitative estimate of drug-likeness (QED) is 0.714. The third-order valence-electron chi connectivity index (χ3n) is 4.10. The Kier molecular flexibility index (Phi) is 4.60. The predicted octanol–water partition coefficient (Wildman–Crippen LogP) is 2.32. The highest BCUT2D eigenvalue weighted by Crippen LogP contribution is 2.29. The zero-order valence-corrected chi connectivity index (χ0v) is 15.1. The fourth-order valence-electron chi connectivity index (χ4n) is 2.85. The van der Waals surface area contributed by atoms with Gasteiger partial charge in [0.05, 0.1) is 5.39 Å². The molecule has 8 heteroatoms. The van der Waals surface area contributed by atoms with Crippen molar-refractivity contribution in [2.75, 3.05) is 0 Å². The predicted molar refractivity (Wildman–Crippen MR) is 99.6 cm³/mol. The maximum atomic E-state index is 13.1. The van der Waals surface area contributed by atoms with Crippen molar-refractivity contribution in [3.63, 3.8) is 0 Å². The van der Waals surface area contributed by atoms with Gasteiger partial charge < -0.3 is 10.8 Å². The van der Waals surface area contributed by atoms with Crippen molar-refractivity contribution >= 4 is 33.4 Å². The summed E-state index contributed by atoms with van der Waals surface area (Å²) in [6.07, 6.45) is -0.0130. The number of carbonyl (C=O) groups excluding carboxylic acids is 1. The SMILES string of the molecule is Cc1cccc(-c2nc3sc(C(=O)O)c(C)c3c(=O)n2CCC(N)=O)c1. The normalized spacial score (nSPS) is 11.0. The molecule has 0 fully saturated rings. The summed E-state index contributed by atoms with van der Waals surface area (Å²) in [4.78, 5) is 40.7. The van der Waals surface area contributed by atoms with E-state index in [1.807, 2.05) is 31.2 Å². The lowest BCUT2D eigenvalue weighted by atomic mass is 10.1. The molecule has 0 saturated carbocycles. The molecule has 2 aromatic heterocycles. The topological polar surface area (TPSA) is 115 Å². The number of primary amides is 1. The number of thiophene rings is 1. The molecular formula is C18H17N3O4S. The van der Waals surface area contributed by atoms with Crippen molar-refractivity contribution in [2.24, 2.45) is 5.73 Å². The number of carboxylic acids is 1. The number of rotatable bonds is 5. The molecule has 0 spiro atoms. The Balaban J connectivity index is 2.34. The standard InChI is InChI=1S/C18H17N3O4S/c1-9-4-3-5-11(8-9)15-20-16-13(10(2)14(26-16)18(24)25)17(23)21(15)7-6-12(19)22/h3-5,8H,6-7H2,1-2H3,(H2,19,22)(H,24,25). The van der Waals surface area contributed by atoms with Crippen LogP contribution in [0.15, 0.2) is 29.1 Å². The van der Waals surface area contributed by atoms with Gasteiger partial charge in [-0.15, -0.1) is 11.3 Å². The number of benzene rings is 1. The van der Waals surface area contributed by atoms with E-state index < -0.39 is 11.9 Å². The molecular weight excluding hydrogens is 354 g/mol. The van der Waals surface area contributed by atoms with E-state index in [1.54, 1.807) is 6.92 Å². The van der Waals surface area contributed by atoms with Gasteiger partial charge in [-0.2, -0.15) is 0 Å². The number of nitrogens with zero attached hydrogens (tertiary/aromatic N) is 2. The minimum Gasteiger partial charge on any atom is -0.477 e. The number of hydrogen-bond donors (Lipinski definition) is 2. The molecule has 3 N–H and O–H groups in total. The van der Waals surface area contributed by atoms with Crippen LogP contribution in [0.4, 0.5) is 0 Å². The van der Waals surface area contributed by atoms with E-state index in [2.05, 4.69) is 4.98 Å². The van der Waals surface area contributed by atoms with Crippen LogP contribution >= 0.6 is 11.3 Å². The summed E-state index contributed by atoms with van der Waals surface area (Å²) in [5.74, 6) is -1.23. The van der Waals surface area contributed by atoms with Gasteiger partial charge >= 0.3 is 5.97 Å². The van der Waals surface area contributed by atoms with Crippen molar-refractivity contribution in [3.8, 4) is 11.4 Å². The smallest absolute Gasteiger partial charge is 0.346 e. The molecule has 134 valence electrons. The van der Waals surface area contributed by atoms with Crippen LogP contribution in [0.1, 0.15) is 27.2 Å². The monoisotopic (exact) mass is 371 g/mol. The van der Waals surface area contributed by atoms with E-state index >= 15 is 0 Å². The lowest BCUT2D eigenvalue weighted by molar-refractivity contribution is -0.118. The second-order valence-electron chi connectivity index (χ2n) is 6.02. The van der Waals surface area contributed by atoms with Gasteiger partial charge in [0.2, 0.25) is 5.91 Å². The maximum Gasteiger partial charge on any atom is 0.346 e. The van der Waals surface area contributed by atoms with Crippen LogP contribution < -0.4 is 11.3 Å². The number of aromatic nitrogens is 2. The molecule has 1 aromatic carbocycles. The highest BCUT2D eigenvalue weighted by atomic mass is 32.1. The van der Waals surface area contributed by atoms with Crippen molar-refractivity contribution < 1.29 is 14.7 Å². The highest BCUT2D eigenvalue weighted by molar-refractivity contribution is 7.20. The maximum absolute atomic E-state index is 13.1. The zero-order valence-electron chi connectivity index (χ0n) is 14.3. The summed E-state index contributed by atoms with van der Waals surface area (Å²) in [6.45, 7) is 3.60. The summed E-state index contributed by atoms with van der Waals surface area (Å²) in [5, 5.41) is 9.61. The lowest BCUT2D eigenvalue weighted by Crippen LogP contribution is -2.26. The van der Waals surface area contributed by atoms with Crippen LogP contribution in [0, 0.1) is 13.8 Å². The first-order valence-corrected chi connectivity index (χ1v) is 8.73. The van der Waals surface area contributed by atoms with Crippen LogP contribution in [0.2, 0.25) is 0 Å². The Morgan fingerprint density at radius 3 is 2.65 bits per heavy atom. The first kappa shape index (κ1) is 17.8. The molecule has 7 nitrogen and oxygen atoms in total. The number of amides is 1. The summed E-state index contributed by atoms with van der Waals surface area (Å²) >= 11 is 0.977. The van der Waals surface area contributed by atoms with Crippen LogP contribution in [-0.4, -0.2) is 26.5 Å². The van der Waals surface area contributed by atoms with Gasteiger partial charge in [0.1, 0.15) is 15.5 Å². The van der Waals surface area contributed by atoms with Crippen molar-refractivity contribution in [3.05, 3.63) is 50.6 Å². The third kappa shape index (κ3) is 3.11. The third-order valence-corrected chi connectivity index (χ3v) is 5.28. The number of fused-ring (bicyclic) bond motifs is 1. The van der Waals surface area contributed by atoms with E-state index in [9.17, 15) is 19.5 Å². The van der Waals surface area contributed by atoms with Crippen LogP contribution in [0.3, 0.4) is 0 Å². The number of carboxylic acid groups (broad SMARTS) is 1. The Hall–Kier alpha value is -3.00. The fraction of sp³-hybridized carbons (Fsp3) is 0.222. The molecule has 0 bridgehead atoms. The van der Waals surface area contributed by atoms with Gasteiger partial charge in [-0.25, -0.2) is 9.78 Å². The van der Waals surface area contributed by atoms with Gasteiger partial charge in [-0.1, -0.05) is 23.8 Å². The first-order chi connectivity index (χ1) is 12.3. The van der Waals surface area contributed by atoms with Gasteiger partial charge in [-0.3, -0.25) is 14.2 Å². The number of carbonyl (C=O) groups is 2. The summed E-state index contributed by atoms with van der Waals surface area (Å²) < 4.78 is 1.40. The van der Waals surface area contributed by atoms with Crippen molar-refractivity contribution in [1.82, 2.24) is 9.55 Å². The number of hydrogen-bond acceptors (Lipinski definition) is 5. The van der Waals surface area contributed by atoms with Gasteiger partial charge in [0.25, 0.3) is 5.56 Å². The number of aromatic carboxylic acids is 1. The summed E-state index contributed by atoms with van der Waals surface area (Å²) in [5.41, 5.74) is 6.97. The largest absolute Gasteiger partial charge is 0.477 e. The molecule has 1 amide bonds. The Morgan fingerprint density at radius 2 is 2.04 bits per heavy atom. The van der Waals surface area contributed by atoms with E-state index in [1.165, 1.54) is 4.57 Å². The molecule has 0 saturated heterocycles. The zero-order chi connectivity index (χ0) is 19.0. The first-order valence-electron chi connectivity index (χ1n) is 7.92. The molecule has 2 heterocycles. The molecule has 0 unspecified atom stereocenters. The average Bonchev–Trinajstić information content (AvgIpc) is 2.91. The Morgan fingerprint density at radius 1 is 1.31 bits per heavy atom. The van der Waals surface area contributed by atoms with Gasteiger partial charge in [0.15, 0.2) is 0 Å². The van der Waals surface area contributed by atoms with Crippen molar-refractivity contribution in [1.29, 1.82) is 0 Å². The molecule has 0 aliphatic rings. The minimum absolute atomic E-state index is 0.0130. The number of nitrogens with two attached hydrogens (primary N) is 1. The fourth-order valence-corrected chi connectivity index (χ4v) is 3.86. The second-order valence-corrected chi connectivity index (χ2v) is 7.02. The van der Waals surface area contributed by atoms with Crippen LogP contribution in [0.25, 0.3) is 21.6 Å². The lowest BCUT2D eigenvalue weighted by Gasteiger charge is -2.12. The molecule has 0 radical (unpaired) electrons. The Bertz CT molecular complexity index is 1100. The summed E-state index contributed by atoms with van der Waals surface area (Å²) in [6, 6.07) is 7.47. The second kappa shape index (κ2) is 6.72. The van der Waals surface area contributed by atoms with E-state index in [4.69, 9.17) is 5.73 Å². The van der Waals surface area contributed by atoms with Gasteiger partial charge in [0, 0.05) is 18.5 Å². The average molecular weight is 371 g/mol. The highest BCUT2D eigenvalue weighted by Gasteiger charge is 2.21. The molecule has 0 aliphatic carbocycles. The van der Waals surface area contributed by atoms with E-state index in [0.717, 1.165) is 22.5 Å². The van der Waals surface area contributed by atoms with Crippen LogP contribution in [-0.2, 0) is 11.3 Å². The van der Waals surface area contributed by atoms with Crippen LogP contribution in [0.5, 0.6) is 0 Å². The molecule has 3 aromatic rings. The summed E-state index contributed by atoms with van der Waals surface area (Å²) in [7, 11) is 0. The molecule has 26 heavy (non-hydrogen) atoms. The molecule has 3 rings (SSSR count). The Labute approximate surface area is 152 Å². The van der Waals surface area contributed by atoms with Crippen molar-refractivity contribution in [2.45, 2.75) is 26.8 Å². The van der Waals surface area contributed by atoms with E-state index in [-0.39, 0.29) is 28.8 Å². The molecule has 0 aliphatic heterocycles. The number of aryl methyl sites for hydroxylation is 2. The van der Waals surface area contributed by atoms with Gasteiger partial charge in [-0.05, 0) is 25.5 Å². The molecule has 0 atom stereocenters.